The van der Waals surface area contributed by atoms with E-state index in [1.54, 1.807) is 44.2 Å². The van der Waals surface area contributed by atoms with Gasteiger partial charge in [0.25, 0.3) is 0 Å². The van der Waals surface area contributed by atoms with E-state index in [1.165, 1.54) is 11.8 Å². The zero-order chi connectivity index (χ0) is 39.2. The molecule has 3 rings (SSSR count). The van der Waals surface area contributed by atoms with Crippen molar-refractivity contribution in [3.05, 3.63) is 35.9 Å². The number of hydrogen-bond acceptors (Lipinski definition) is 9. The van der Waals surface area contributed by atoms with Crippen LogP contribution in [0.15, 0.2) is 30.3 Å². The molecule has 7 amide bonds. The van der Waals surface area contributed by atoms with Gasteiger partial charge in [-0.05, 0) is 44.1 Å². The first-order valence-electron chi connectivity index (χ1n) is 17.6. The van der Waals surface area contributed by atoms with Crippen LogP contribution in [0.2, 0.25) is 0 Å². The molecule has 2 heterocycles. The lowest BCUT2D eigenvalue weighted by molar-refractivity contribution is -0.144. The van der Waals surface area contributed by atoms with Crippen LogP contribution >= 0.6 is 0 Å². The Morgan fingerprint density at radius 2 is 1.43 bits per heavy atom. The van der Waals surface area contributed by atoms with E-state index in [0.29, 0.717) is 12.0 Å². The maximum absolute atomic E-state index is 13.4. The molecule has 2 saturated heterocycles. The van der Waals surface area contributed by atoms with Gasteiger partial charge in [-0.1, -0.05) is 44.2 Å². The van der Waals surface area contributed by atoms with E-state index in [9.17, 15) is 53.4 Å². The van der Waals surface area contributed by atoms with Crippen molar-refractivity contribution in [2.45, 2.75) is 108 Å². The molecule has 0 aromatic heterocycles. The molecule has 290 valence electrons. The second-order valence-electron chi connectivity index (χ2n) is 13.6. The van der Waals surface area contributed by atoms with Gasteiger partial charge in [-0.3, -0.25) is 33.6 Å². The molecule has 0 bridgehead atoms. The smallest absolute Gasteiger partial charge is 0.326 e. The molecular formula is C35H49N7O11. The summed E-state index contributed by atoms with van der Waals surface area (Å²) >= 11 is 0. The third-order valence-corrected chi connectivity index (χ3v) is 8.84. The summed E-state index contributed by atoms with van der Waals surface area (Å²) < 4.78 is 0. The molecule has 8 N–H and O–H groups in total. The van der Waals surface area contributed by atoms with Gasteiger partial charge in [0.15, 0.2) is 0 Å². The maximum atomic E-state index is 13.4. The van der Waals surface area contributed by atoms with Crippen molar-refractivity contribution < 1.29 is 53.4 Å². The second-order valence-corrected chi connectivity index (χ2v) is 13.6. The number of aliphatic carboxylic acids is 2. The van der Waals surface area contributed by atoms with Crippen molar-refractivity contribution in [3.63, 3.8) is 0 Å². The molecule has 2 aliphatic rings. The number of carbonyl (C=O) groups is 9. The number of rotatable bonds is 6. The number of carbonyl (C=O) groups excluding carboxylic acids is 7. The van der Waals surface area contributed by atoms with Gasteiger partial charge in [-0.25, -0.2) is 9.59 Å². The van der Waals surface area contributed by atoms with Gasteiger partial charge in [-0.15, -0.1) is 0 Å². The van der Waals surface area contributed by atoms with E-state index >= 15 is 0 Å². The summed E-state index contributed by atoms with van der Waals surface area (Å²) in [5.41, 5.74) is 0.648. The number of benzene rings is 1. The SMILES string of the molecule is CC(C)CC1NC(=O)[C@@H](C)NC(=O)[C@@H]2CCCN2C(=O)CC[C@H](C(=O)O)NC(=O)CCNC(=O)[C@H](Cc2ccccc2)NC(=O)C[C@H](C(=O)O)NC1=O. The molecule has 2 fully saturated rings. The molecule has 0 saturated carbocycles. The molecule has 0 radical (unpaired) electrons. The highest BCUT2D eigenvalue weighted by Gasteiger charge is 2.37. The monoisotopic (exact) mass is 743 g/mol. The van der Waals surface area contributed by atoms with Crippen LogP contribution in [0.3, 0.4) is 0 Å². The summed E-state index contributed by atoms with van der Waals surface area (Å²) in [5.74, 6) is -8.25. The van der Waals surface area contributed by atoms with Crippen molar-refractivity contribution in [2.24, 2.45) is 5.92 Å². The van der Waals surface area contributed by atoms with Gasteiger partial charge in [0, 0.05) is 32.4 Å². The van der Waals surface area contributed by atoms with Gasteiger partial charge >= 0.3 is 11.9 Å². The first kappa shape index (κ1) is 41.9. The number of fused-ring (bicyclic) bond motifs is 1. The molecule has 0 spiro atoms. The molecule has 6 atom stereocenters. The van der Waals surface area contributed by atoms with Crippen LogP contribution in [0.25, 0.3) is 0 Å². The average Bonchev–Trinajstić information content (AvgIpc) is 3.59. The number of nitrogens with one attached hydrogen (secondary N) is 6. The molecular weight excluding hydrogens is 694 g/mol. The average molecular weight is 744 g/mol. The van der Waals surface area contributed by atoms with Crippen LogP contribution in [0, 0.1) is 5.92 Å². The van der Waals surface area contributed by atoms with Crippen molar-refractivity contribution in [3.8, 4) is 0 Å². The number of carboxylic acid groups (broad SMARTS) is 2. The van der Waals surface area contributed by atoms with E-state index in [4.69, 9.17) is 0 Å². The van der Waals surface area contributed by atoms with E-state index in [0.717, 1.165) is 0 Å². The highest BCUT2D eigenvalue weighted by molar-refractivity contribution is 5.96. The molecule has 53 heavy (non-hydrogen) atoms. The van der Waals surface area contributed by atoms with E-state index in [1.807, 2.05) is 0 Å². The van der Waals surface area contributed by atoms with Crippen molar-refractivity contribution >= 4 is 53.3 Å². The largest absolute Gasteiger partial charge is 0.480 e. The van der Waals surface area contributed by atoms with Crippen molar-refractivity contribution in [1.82, 2.24) is 36.8 Å². The Morgan fingerprint density at radius 1 is 0.755 bits per heavy atom. The lowest BCUT2D eigenvalue weighted by atomic mass is 10.0. The lowest BCUT2D eigenvalue weighted by Crippen LogP contribution is -2.57. The Morgan fingerprint density at radius 3 is 2.08 bits per heavy atom. The van der Waals surface area contributed by atoms with Gasteiger partial charge in [0.05, 0.1) is 6.42 Å². The summed E-state index contributed by atoms with van der Waals surface area (Å²) in [7, 11) is 0. The van der Waals surface area contributed by atoms with Crippen molar-refractivity contribution in [1.29, 1.82) is 0 Å². The lowest BCUT2D eigenvalue weighted by Gasteiger charge is -2.27. The fourth-order valence-corrected chi connectivity index (χ4v) is 6.04. The van der Waals surface area contributed by atoms with Crippen LogP contribution in [-0.4, -0.2) is 118 Å². The number of hydrogen-bond donors (Lipinski definition) is 8. The minimum absolute atomic E-state index is 0.0150. The van der Waals surface area contributed by atoms with Crippen LogP contribution in [0.1, 0.15) is 71.3 Å². The third kappa shape index (κ3) is 13.2. The van der Waals surface area contributed by atoms with Gasteiger partial charge < -0.3 is 47.0 Å². The highest BCUT2D eigenvalue weighted by Crippen LogP contribution is 2.20. The minimum Gasteiger partial charge on any atom is -0.480 e. The number of carboxylic acids is 2. The fraction of sp³-hybridized carbons (Fsp3) is 0.571. The normalized spacial score (nSPS) is 26.4. The Bertz CT molecular complexity index is 1540. The van der Waals surface area contributed by atoms with Crippen LogP contribution in [0.5, 0.6) is 0 Å². The zero-order valence-electron chi connectivity index (χ0n) is 30.0. The number of nitrogens with zero attached hydrogens (tertiary/aromatic N) is 1. The minimum atomic E-state index is -1.75. The topological polar surface area (TPSA) is 270 Å². The Hall–Kier alpha value is -5.55. The summed E-state index contributed by atoms with van der Waals surface area (Å²) in [4.78, 5) is 117. The summed E-state index contributed by atoms with van der Waals surface area (Å²) in [6.45, 7) is 4.88. The molecule has 2 aliphatic heterocycles. The quantitative estimate of drug-likeness (QED) is 0.167. The molecule has 1 aromatic rings. The summed E-state index contributed by atoms with van der Waals surface area (Å²) in [6.07, 6.45) is -0.889. The van der Waals surface area contributed by atoms with Gasteiger partial charge in [-0.2, -0.15) is 0 Å². The van der Waals surface area contributed by atoms with E-state index in [-0.39, 0.29) is 57.5 Å². The fourth-order valence-electron chi connectivity index (χ4n) is 6.04. The van der Waals surface area contributed by atoms with Gasteiger partial charge in [0.2, 0.25) is 41.4 Å². The Balaban J connectivity index is 1.89. The first-order valence-corrected chi connectivity index (χ1v) is 17.6. The zero-order valence-corrected chi connectivity index (χ0v) is 30.0. The number of amides is 7. The molecule has 18 nitrogen and oxygen atoms in total. The van der Waals surface area contributed by atoms with E-state index in [2.05, 4.69) is 31.9 Å². The van der Waals surface area contributed by atoms with E-state index < -0.39 is 96.0 Å². The molecule has 18 heteroatoms. The Labute approximate surface area is 306 Å². The maximum Gasteiger partial charge on any atom is 0.326 e. The Kier molecular flexibility index (Phi) is 15.7. The summed E-state index contributed by atoms with van der Waals surface area (Å²) in [5, 5.41) is 34.4. The standard InChI is InChI=1S/C35H49N7O11/c1-19(2)16-23-32(48)41-25(35(52)53)18-28(44)39-24(17-21-8-5-4-6-9-21)31(47)36-14-13-27(43)38-22(34(50)51)11-12-29(45)42-15-7-10-26(42)33(49)37-20(3)30(46)40-23/h4-6,8-9,19-20,22-26H,7,10-18H2,1-3H3,(H,36,47)(H,37,49)(H,38,43)(H,39,44)(H,40,46)(H,41,48)(H,50,51)(H,52,53)/t20-,22-,23?,24+,25-,26+/m1/s1. The predicted octanol–water partition coefficient (Wildman–Crippen LogP) is -1.43. The van der Waals surface area contributed by atoms with Gasteiger partial charge in [0.1, 0.15) is 36.3 Å². The second kappa shape index (κ2) is 19.9. The molecule has 0 aliphatic carbocycles. The third-order valence-electron chi connectivity index (χ3n) is 8.84. The molecule has 1 unspecified atom stereocenters. The summed E-state index contributed by atoms with van der Waals surface area (Å²) in [6, 6.07) is 0.782. The van der Waals surface area contributed by atoms with Crippen LogP contribution in [0.4, 0.5) is 0 Å². The van der Waals surface area contributed by atoms with Crippen molar-refractivity contribution in [2.75, 3.05) is 13.1 Å². The predicted molar refractivity (Wildman–Crippen MR) is 186 cm³/mol. The first-order chi connectivity index (χ1) is 25.0. The highest BCUT2D eigenvalue weighted by atomic mass is 16.4. The molecule has 1 aromatic carbocycles. The van der Waals surface area contributed by atoms with Crippen LogP contribution in [-0.2, 0) is 49.6 Å². The van der Waals surface area contributed by atoms with Crippen LogP contribution < -0.4 is 31.9 Å².